The Morgan fingerprint density at radius 2 is 1.90 bits per heavy atom. The van der Waals surface area contributed by atoms with Gasteiger partial charge in [-0.05, 0) is 36.2 Å². The van der Waals surface area contributed by atoms with Gasteiger partial charge in [-0.25, -0.2) is 18.9 Å². The minimum atomic E-state index is -0.607. The normalized spacial score (nSPS) is 11.6. The van der Waals surface area contributed by atoms with Gasteiger partial charge < -0.3 is 16.4 Å². The molecule has 0 radical (unpaired) electrons. The number of aromatic nitrogens is 3. The van der Waals surface area contributed by atoms with Crippen LogP contribution in [-0.2, 0) is 17.8 Å². The number of rotatable bonds is 8. The molecule has 0 aliphatic rings. The number of halogens is 1. The monoisotopic (exact) mass is 396 g/mol. The van der Waals surface area contributed by atoms with Crippen LogP contribution in [0.5, 0.6) is 0 Å². The molecule has 0 unspecified atom stereocenters. The van der Waals surface area contributed by atoms with E-state index in [0.29, 0.717) is 12.2 Å². The summed E-state index contributed by atoms with van der Waals surface area (Å²) in [4.78, 5) is 28.2. The lowest BCUT2D eigenvalue weighted by atomic mass is 9.98. The van der Waals surface area contributed by atoms with Gasteiger partial charge in [0, 0.05) is 37.2 Å². The Hall–Kier alpha value is -3.75. The number of benzene rings is 1. The Labute approximate surface area is 166 Å². The molecule has 3 amide bonds. The van der Waals surface area contributed by atoms with Gasteiger partial charge >= 0.3 is 6.03 Å². The van der Waals surface area contributed by atoms with E-state index in [1.165, 1.54) is 12.1 Å². The molecular weight excluding hydrogens is 375 g/mol. The Bertz CT molecular complexity index is 959. The average Bonchev–Trinajstić information content (AvgIpc) is 3.25. The summed E-state index contributed by atoms with van der Waals surface area (Å²) in [6.45, 7) is 0.297. The highest BCUT2D eigenvalue weighted by Gasteiger charge is 2.17. The zero-order valence-corrected chi connectivity index (χ0v) is 15.6. The molecule has 150 valence electrons. The molecule has 0 spiro atoms. The fraction of sp³-hybridized carbons (Fsp3) is 0.200. The quantitative estimate of drug-likeness (QED) is 0.536. The molecule has 2 aromatic heterocycles. The van der Waals surface area contributed by atoms with Gasteiger partial charge in [0.15, 0.2) is 5.82 Å². The second-order valence-corrected chi connectivity index (χ2v) is 6.43. The standard InChI is InChI=1S/C20H21FN6O2/c21-17-6-4-14(5-7-17)11-16(18(22)28)13-25-20(29)24-12-15-3-1-8-23-19(15)27-10-2-9-26-27/h1-10,16H,11-13H2,(H2,22,28)(H2,24,25,29)/t16-/m0/s1. The van der Waals surface area contributed by atoms with Crippen LogP contribution in [0.1, 0.15) is 11.1 Å². The third kappa shape index (κ3) is 5.61. The highest BCUT2D eigenvalue weighted by Crippen LogP contribution is 2.11. The maximum atomic E-state index is 13.0. The van der Waals surface area contributed by atoms with E-state index >= 15 is 0 Å². The van der Waals surface area contributed by atoms with Crippen molar-refractivity contribution in [3.63, 3.8) is 0 Å². The molecule has 0 aliphatic heterocycles. The van der Waals surface area contributed by atoms with E-state index in [4.69, 9.17) is 5.73 Å². The molecule has 4 N–H and O–H groups in total. The molecule has 0 saturated heterocycles. The number of nitrogens with one attached hydrogen (secondary N) is 2. The molecule has 2 heterocycles. The zero-order chi connectivity index (χ0) is 20.6. The second kappa shape index (κ2) is 9.45. The number of carbonyl (C=O) groups is 2. The molecule has 8 nitrogen and oxygen atoms in total. The molecule has 0 aliphatic carbocycles. The number of primary amides is 1. The summed E-state index contributed by atoms with van der Waals surface area (Å²) in [6, 6.07) is 10.8. The van der Waals surface area contributed by atoms with Crippen molar-refractivity contribution in [1.29, 1.82) is 0 Å². The molecule has 1 aromatic carbocycles. The minimum absolute atomic E-state index is 0.0671. The van der Waals surface area contributed by atoms with Crippen LogP contribution in [0.25, 0.3) is 5.82 Å². The Kier molecular flexibility index (Phi) is 6.51. The van der Waals surface area contributed by atoms with Crippen molar-refractivity contribution in [3.05, 3.63) is 78.0 Å². The van der Waals surface area contributed by atoms with Crippen molar-refractivity contribution in [1.82, 2.24) is 25.4 Å². The summed E-state index contributed by atoms with van der Waals surface area (Å²) < 4.78 is 14.6. The molecule has 9 heteroatoms. The van der Waals surface area contributed by atoms with Crippen LogP contribution in [0.4, 0.5) is 9.18 Å². The smallest absolute Gasteiger partial charge is 0.315 e. The van der Waals surface area contributed by atoms with Gasteiger partial charge in [0.25, 0.3) is 0 Å². The largest absolute Gasteiger partial charge is 0.369 e. The number of hydrogen-bond donors (Lipinski definition) is 3. The first kappa shape index (κ1) is 20.0. The molecule has 0 fully saturated rings. The first-order valence-corrected chi connectivity index (χ1v) is 9.02. The van der Waals surface area contributed by atoms with E-state index in [2.05, 4.69) is 20.7 Å². The fourth-order valence-corrected chi connectivity index (χ4v) is 2.80. The van der Waals surface area contributed by atoms with Gasteiger partial charge in [0.05, 0.1) is 5.92 Å². The van der Waals surface area contributed by atoms with Crippen molar-refractivity contribution in [3.8, 4) is 5.82 Å². The van der Waals surface area contributed by atoms with Crippen molar-refractivity contribution < 1.29 is 14.0 Å². The van der Waals surface area contributed by atoms with Crippen LogP contribution in [-0.4, -0.2) is 33.2 Å². The van der Waals surface area contributed by atoms with Crippen molar-refractivity contribution >= 4 is 11.9 Å². The topological polar surface area (TPSA) is 115 Å². The molecule has 3 rings (SSSR count). The predicted octanol–water partition coefficient (Wildman–Crippen LogP) is 1.55. The molecule has 3 aromatic rings. The van der Waals surface area contributed by atoms with Gasteiger partial charge in [0.1, 0.15) is 5.82 Å². The molecule has 29 heavy (non-hydrogen) atoms. The predicted molar refractivity (Wildman–Crippen MR) is 104 cm³/mol. The van der Waals surface area contributed by atoms with Crippen molar-refractivity contribution in [2.75, 3.05) is 6.54 Å². The zero-order valence-electron chi connectivity index (χ0n) is 15.6. The van der Waals surface area contributed by atoms with Gasteiger partial charge in [-0.1, -0.05) is 18.2 Å². The summed E-state index contributed by atoms with van der Waals surface area (Å²) >= 11 is 0. The van der Waals surface area contributed by atoms with Crippen LogP contribution >= 0.6 is 0 Å². The summed E-state index contributed by atoms with van der Waals surface area (Å²) in [6.07, 6.45) is 5.36. The van der Waals surface area contributed by atoms with Gasteiger partial charge in [-0.2, -0.15) is 5.10 Å². The van der Waals surface area contributed by atoms with E-state index in [0.717, 1.165) is 11.1 Å². The number of amides is 3. The molecule has 1 atom stereocenters. The first-order chi connectivity index (χ1) is 14.0. The summed E-state index contributed by atoms with van der Waals surface area (Å²) in [7, 11) is 0. The van der Waals surface area contributed by atoms with Crippen LogP contribution in [0.15, 0.2) is 61.1 Å². The number of nitrogens with zero attached hydrogens (tertiary/aromatic N) is 3. The third-order valence-corrected chi connectivity index (χ3v) is 4.34. The van der Waals surface area contributed by atoms with Crippen molar-refractivity contribution in [2.45, 2.75) is 13.0 Å². The van der Waals surface area contributed by atoms with E-state index < -0.39 is 17.9 Å². The number of hydrogen-bond acceptors (Lipinski definition) is 4. The summed E-state index contributed by atoms with van der Waals surface area (Å²) in [5.41, 5.74) is 6.98. The average molecular weight is 396 g/mol. The lowest BCUT2D eigenvalue weighted by Crippen LogP contribution is -2.41. The number of pyridine rings is 1. The van der Waals surface area contributed by atoms with Gasteiger partial charge in [0.2, 0.25) is 5.91 Å². The lowest BCUT2D eigenvalue weighted by Gasteiger charge is -2.15. The molecular formula is C20H21FN6O2. The van der Waals surface area contributed by atoms with E-state index in [1.54, 1.807) is 47.5 Å². The lowest BCUT2D eigenvalue weighted by molar-refractivity contribution is -0.121. The van der Waals surface area contributed by atoms with Crippen LogP contribution in [0.3, 0.4) is 0 Å². The fourth-order valence-electron chi connectivity index (χ4n) is 2.80. The van der Waals surface area contributed by atoms with Crippen LogP contribution < -0.4 is 16.4 Å². The minimum Gasteiger partial charge on any atom is -0.369 e. The number of nitrogens with two attached hydrogens (primary N) is 1. The highest BCUT2D eigenvalue weighted by atomic mass is 19.1. The second-order valence-electron chi connectivity index (χ2n) is 6.43. The Morgan fingerprint density at radius 3 is 2.59 bits per heavy atom. The number of urea groups is 1. The maximum Gasteiger partial charge on any atom is 0.315 e. The Morgan fingerprint density at radius 1 is 1.10 bits per heavy atom. The molecule has 0 saturated carbocycles. The summed E-state index contributed by atoms with van der Waals surface area (Å²) in [5, 5.41) is 9.54. The van der Waals surface area contributed by atoms with E-state index in [-0.39, 0.29) is 18.9 Å². The van der Waals surface area contributed by atoms with Gasteiger partial charge in [-0.3, -0.25) is 4.79 Å². The number of carbonyl (C=O) groups excluding carboxylic acids is 2. The van der Waals surface area contributed by atoms with Crippen LogP contribution in [0, 0.1) is 11.7 Å². The SMILES string of the molecule is NC(=O)[C@H](CNC(=O)NCc1cccnc1-n1cccn1)Cc1ccc(F)cc1. The Balaban J connectivity index is 1.54. The van der Waals surface area contributed by atoms with E-state index in [1.807, 2.05) is 6.07 Å². The van der Waals surface area contributed by atoms with Crippen molar-refractivity contribution in [2.24, 2.45) is 11.7 Å². The first-order valence-electron chi connectivity index (χ1n) is 9.02. The van der Waals surface area contributed by atoms with Crippen LogP contribution in [0.2, 0.25) is 0 Å². The summed E-state index contributed by atoms with van der Waals surface area (Å²) in [5.74, 6) is -0.886. The highest BCUT2D eigenvalue weighted by molar-refractivity contribution is 5.79. The van der Waals surface area contributed by atoms with Gasteiger partial charge in [-0.15, -0.1) is 0 Å². The van der Waals surface area contributed by atoms with E-state index in [9.17, 15) is 14.0 Å². The molecule has 0 bridgehead atoms. The maximum absolute atomic E-state index is 13.0. The third-order valence-electron chi connectivity index (χ3n) is 4.34.